The molecule has 2 fully saturated rings. The fraction of sp³-hybridized carbons (Fsp3) is 0.667. The molecule has 1 aromatic heterocycles. The van der Waals surface area contributed by atoms with Crippen molar-refractivity contribution in [3.8, 4) is 0 Å². The van der Waals surface area contributed by atoms with Gasteiger partial charge in [0.05, 0.1) is 18.7 Å². The second-order valence-electron chi connectivity index (χ2n) is 5.67. The number of fused-ring (bicyclic) bond motifs is 1. The van der Waals surface area contributed by atoms with Crippen LogP contribution in [0.25, 0.3) is 0 Å². The van der Waals surface area contributed by atoms with Gasteiger partial charge in [-0.2, -0.15) is 0 Å². The van der Waals surface area contributed by atoms with E-state index in [4.69, 9.17) is 4.42 Å². The predicted molar refractivity (Wildman–Crippen MR) is 69.3 cm³/mol. The number of nitrogens with one attached hydrogen (secondary N) is 1. The fourth-order valence-corrected chi connectivity index (χ4v) is 3.46. The van der Waals surface area contributed by atoms with Crippen LogP contribution in [0.1, 0.15) is 44.3 Å². The summed E-state index contributed by atoms with van der Waals surface area (Å²) in [4.78, 5) is 12.2. The van der Waals surface area contributed by atoms with E-state index in [0.717, 1.165) is 18.1 Å². The van der Waals surface area contributed by atoms with Crippen LogP contribution in [0.5, 0.6) is 0 Å². The van der Waals surface area contributed by atoms with Crippen molar-refractivity contribution in [3.05, 3.63) is 24.2 Å². The molecule has 0 bridgehead atoms. The highest BCUT2D eigenvalue weighted by Crippen LogP contribution is 2.32. The summed E-state index contributed by atoms with van der Waals surface area (Å²) in [6.45, 7) is 0. The average molecular weight is 247 g/mol. The van der Waals surface area contributed by atoms with E-state index in [1.165, 1.54) is 32.1 Å². The van der Waals surface area contributed by atoms with Crippen LogP contribution in [-0.4, -0.2) is 17.9 Å². The Morgan fingerprint density at radius 2 is 2.17 bits per heavy atom. The van der Waals surface area contributed by atoms with Crippen molar-refractivity contribution >= 4 is 5.78 Å². The highest BCUT2D eigenvalue weighted by Gasteiger charge is 2.34. The number of Topliss-reactive ketones (excluding diaryl/α,β-unsaturated/α-hetero) is 1. The number of ketones is 1. The molecule has 1 aliphatic heterocycles. The van der Waals surface area contributed by atoms with Gasteiger partial charge in [0, 0.05) is 6.04 Å². The number of hydrogen-bond acceptors (Lipinski definition) is 3. The van der Waals surface area contributed by atoms with Crippen molar-refractivity contribution in [1.29, 1.82) is 0 Å². The summed E-state index contributed by atoms with van der Waals surface area (Å²) in [5.74, 6) is 1.88. The van der Waals surface area contributed by atoms with Crippen LogP contribution in [0.4, 0.5) is 0 Å². The van der Waals surface area contributed by atoms with E-state index in [1.54, 1.807) is 6.26 Å². The van der Waals surface area contributed by atoms with Gasteiger partial charge in [-0.1, -0.05) is 12.8 Å². The lowest BCUT2D eigenvalue weighted by atomic mass is 9.77. The van der Waals surface area contributed by atoms with E-state index >= 15 is 0 Å². The van der Waals surface area contributed by atoms with Crippen LogP contribution in [0.2, 0.25) is 0 Å². The molecule has 1 aromatic rings. The van der Waals surface area contributed by atoms with Gasteiger partial charge in [-0.3, -0.25) is 4.79 Å². The van der Waals surface area contributed by atoms with Gasteiger partial charge in [-0.15, -0.1) is 0 Å². The smallest absolute Gasteiger partial charge is 0.157 e. The molecule has 0 amide bonds. The first-order valence-electron chi connectivity index (χ1n) is 7.14. The van der Waals surface area contributed by atoms with E-state index < -0.39 is 0 Å². The minimum absolute atomic E-state index is 0.0504. The normalized spacial score (nSPS) is 31.9. The molecule has 3 unspecified atom stereocenters. The molecule has 3 rings (SSSR count). The third-order valence-electron chi connectivity index (χ3n) is 4.47. The molecule has 3 atom stereocenters. The van der Waals surface area contributed by atoms with Crippen LogP contribution in [0.3, 0.4) is 0 Å². The summed E-state index contributed by atoms with van der Waals surface area (Å²) in [5, 5.41) is 3.58. The number of carbonyl (C=O) groups is 1. The van der Waals surface area contributed by atoms with Gasteiger partial charge >= 0.3 is 0 Å². The minimum atomic E-state index is 0.0504. The van der Waals surface area contributed by atoms with Crippen molar-refractivity contribution in [1.82, 2.24) is 5.32 Å². The summed E-state index contributed by atoms with van der Waals surface area (Å²) in [5.41, 5.74) is 0. The molecule has 1 N–H and O–H groups in total. The minimum Gasteiger partial charge on any atom is -0.469 e. The second kappa shape index (κ2) is 5.27. The molecule has 0 spiro atoms. The summed E-state index contributed by atoms with van der Waals surface area (Å²) in [6.07, 6.45) is 9.55. The maximum absolute atomic E-state index is 12.2. The van der Waals surface area contributed by atoms with Gasteiger partial charge in [0.25, 0.3) is 0 Å². The molecular weight excluding hydrogens is 226 g/mol. The number of hydrogen-bond donors (Lipinski definition) is 1. The molecule has 18 heavy (non-hydrogen) atoms. The monoisotopic (exact) mass is 247 g/mol. The van der Waals surface area contributed by atoms with E-state index in [9.17, 15) is 4.79 Å². The quantitative estimate of drug-likeness (QED) is 0.893. The topological polar surface area (TPSA) is 42.2 Å². The average Bonchev–Trinajstić information content (AvgIpc) is 2.91. The largest absolute Gasteiger partial charge is 0.469 e. The summed E-state index contributed by atoms with van der Waals surface area (Å²) < 4.78 is 5.25. The van der Waals surface area contributed by atoms with Crippen LogP contribution in [0.15, 0.2) is 22.8 Å². The molecule has 1 saturated carbocycles. The molecule has 2 aliphatic rings. The van der Waals surface area contributed by atoms with Crippen molar-refractivity contribution in [3.63, 3.8) is 0 Å². The molecule has 0 aromatic carbocycles. The molecule has 3 nitrogen and oxygen atoms in total. The molecule has 1 saturated heterocycles. The highest BCUT2D eigenvalue weighted by atomic mass is 16.3. The standard InChI is InChI=1S/C15H21NO2/c17-15(10-12-5-3-9-18-12)14-8-7-11-4-1-2-6-13(11)16-14/h3,5,9,11,13-14,16H,1-2,4,6-8,10H2. The Kier molecular flexibility index (Phi) is 3.50. The lowest BCUT2D eigenvalue weighted by Crippen LogP contribution is -2.52. The Bertz CT molecular complexity index is 399. The van der Waals surface area contributed by atoms with Crippen molar-refractivity contribution in [2.75, 3.05) is 0 Å². The molecule has 98 valence electrons. The number of piperidine rings is 1. The van der Waals surface area contributed by atoms with Crippen molar-refractivity contribution in [2.24, 2.45) is 5.92 Å². The first-order valence-corrected chi connectivity index (χ1v) is 7.14. The summed E-state index contributed by atoms with van der Waals surface area (Å²) in [7, 11) is 0. The van der Waals surface area contributed by atoms with Crippen molar-refractivity contribution < 1.29 is 9.21 Å². The molecule has 1 aliphatic carbocycles. The molecule has 0 radical (unpaired) electrons. The SMILES string of the molecule is O=C(Cc1ccco1)C1CCC2CCCCC2N1. The lowest BCUT2D eigenvalue weighted by Gasteiger charge is -2.39. The first kappa shape index (κ1) is 12.0. The lowest BCUT2D eigenvalue weighted by molar-refractivity contribution is -0.122. The summed E-state index contributed by atoms with van der Waals surface area (Å²) >= 11 is 0. The van der Waals surface area contributed by atoms with Gasteiger partial charge < -0.3 is 9.73 Å². The number of rotatable bonds is 3. The Morgan fingerprint density at radius 3 is 3.00 bits per heavy atom. The van der Waals surface area contributed by atoms with E-state index in [0.29, 0.717) is 12.5 Å². The predicted octanol–water partition coefficient (Wildman–Crippen LogP) is 2.70. The third kappa shape index (κ3) is 2.51. The maximum Gasteiger partial charge on any atom is 0.157 e. The zero-order valence-electron chi connectivity index (χ0n) is 10.7. The van der Waals surface area contributed by atoms with Gasteiger partial charge in [-0.05, 0) is 43.7 Å². The van der Waals surface area contributed by atoms with E-state index in [-0.39, 0.29) is 11.8 Å². The zero-order valence-corrected chi connectivity index (χ0v) is 10.7. The van der Waals surface area contributed by atoms with Gasteiger partial charge in [0.2, 0.25) is 0 Å². The second-order valence-corrected chi connectivity index (χ2v) is 5.67. The first-order chi connectivity index (χ1) is 8.83. The zero-order chi connectivity index (χ0) is 12.4. The van der Waals surface area contributed by atoms with Gasteiger partial charge in [0.15, 0.2) is 5.78 Å². The van der Waals surface area contributed by atoms with Gasteiger partial charge in [0.1, 0.15) is 5.76 Å². The van der Waals surface area contributed by atoms with Crippen LogP contribution in [0, 0.1) is 5.92 Å². The Balaban J connectivity index is 1.58. The molecule has 2 heterocycles. The maximum atomic E-state index is 12.2. The number of furan rings is 1. The third-order valence-corrected chi connectivity index (χ3v) is 4.47. The van der Waals surface area contributed by atoms with Crippen molar-refractivity contribution in [2.45, 2.75) is 57.0 Å². The number of carbonyl (C=O) groups excluding carboxylic acids is 1. The van der Waals surface area contributed by atoms with E-state index in [1.807, 2.05) is 12.1 Å². The summed E-state index contributed by atoms with van der Waals surface area (Å²) in [6, 6.07) is 4.35. The molecular formula is C15H21NO2. The highest BCUT2D eigenvalue weighted by molar-refractivity contribution is 5.85. The van der Waals surface area contributed by atoms with Crippen LogP contribution < -0.4 is 5.32 Å². The van der Waals surface area contributed by atoms with Gasteiger partial charge in [-0.25, -0.2) is 0 Å². The van der Waals surface area contributed by atoms with Crippen LogP contribution in [-0.2, 0) is 11.2 Å². The fourth-order valence-electron chi connectivity index (χ4n) is 3.46. The Morgan fingerprint density at radius 1 is 1.28 bits per heavy atom. The van der Waals surface area contributed by atoms with E-state index in [2.05, 4.69) is 5.32 Å². The Labute approximate surface area is 108 Å². The van der Waals surface area contributed by atoms with Crippen LogP contribution >= 0.6 is 0 Å². The Hall–Kier alpha value is -1.09. The molecule has 3 heteroatoms.